The number of amides is 1. The Kier molecular flexibility index (Phi) is 6.34. The zero-order chi connectivity index (χ0) is 20.8. The topological polar surface area (TPSA) is 85.3 Å². The zero-order valence-electron chi connectivity index (χ0n) is 16.7. The van der Waals surface area contributed by atoms with Crippen molar-refractivity contribution in [2.75, 3.05) is 13.6 Å². The number of carbonyl (C=O) groups is 1. The van der Waals surface area contributed by atoms with Crippen molar-refractivity contribution >= 4 is 17.2 Å². The number of hydrogen-bond donors (Lipinski definition) is 0. The molecule has 0 N–H and O–H groups in total. The van der Waals surface area contributed by atoms with E-state index in [0.717, 1.165) is 35.4 Å². The number of benzene rings is 1. The van der Waals surface area contributed by atoms with Crippen molar-refractivity contribution in [1.82, 2.24) is 20.2 Å². The van der Waals surface area contributed by atoms with Crippen LogP contribution in [0.3, 0.4) is 0 Å². The van der Waals surface area contributed by atoms with E-state index in [4.69, 9.17) is 9.05 Å². The van der Waals surface area contributed by atoms with Crippen molar-refractivity contribution in [2.24, 2.45) is 0 Å². The van der Waals surface area contributed by atoms with Crippen LogP contribution in [0.4, 0.5) is 0 Å². The summed E-state index contributed by atoms with van der Waals surface area (Å²) < 4.78 is 10.7. The summed E-state index contributed by atoms with van der Waals surface area (Å²) in [5.41, 5.74) is 2.79. The molecule has 1 amide bonds. The Morgan fingerprint density at radius 2 is 1.93 bits per heavy atom. The minimum Gasteiger partial charge on any atom is -0.361 e. The van der Waals surface area contributed by atoms with Crippen LogP contribution in [0.25, 0.3) is 22.6 Å². The fourth-order valence-electron chi connectivity index (χ4n) is 3.06. The SMILES string of the molecule is CN(CCCc1cc(-c2ccccc2)no1)C(=O)CCc1nc(-c2ccsc2)no1. The Balaban J connectivity index is 1.20. The lowest BCUT2D eigenvalue weighted by Crippen LogP contribution is -2.28. The minimum atomic E-state index is 0.0489. The monoisotopic (exact) mass is 422 g/mol. The summed E-state index contributed by atoms with van der Waals surface area (Å²) in [6, 6.07) is 13.8. The predicted molar refractivity (Wildman–Crippen MR) is 114 cm³/mol. The summed E-state index contributed by atoms with van der Waals surface area (Å²) in [7, 11) is 1.81. The number of rotatable bonds is 9. The molecule has 0 aliphatic heterocycles. The van der Waals surface area contributed by atoms with Crippen LogP contribution in [0.2, 0.25) is 0 Å². The first-order valence-electron chi connectivity index (χ1n) is 9.79. The molecular formula is C22H22N4O3S. The van der Waals surface area contributed by atoms with Crippen molar-refractivity contribution in [3.05, 3.63) is 64.9 Å². The van der Waals surface area contributed by atoms with Crippen molar-refractivity contribution in [3.63, 3.8) is 0 Å². The molecule has 7 nitrogen and oxygen atoms in total. The molecule has 0 aliphatic carbocycles. The van der Waals surface area contributed by atoms with Gasteiger partial charge >= 0.3 is 0 Å². The highest BCUT2D eigenvalue weighted by Crippen LogP contribution is 2.20. The van der Waals surface area contributed by atoms with Gasteiger partial charge in [0, 0.05) is 55.4 Å². The first-order chi connectivity index (χ1) is 14.7. The third-order valence-corrected chi connectivity index (χ3v) is 5.45. The molecule has 0 saturated carbocycles. The largest absolute Gasteiger partial charge is 0.361 e. The first kappa shape index (κ1) is 20.0. The van der Waals surface area contributed by atoms with E-state index in [2.05, 4.69) is 15.3 Å². The van der Waals surface area contributed by atoms with Gasteiger partial charge in [0.25, 0.3) is 0 Å². The van der Waals surface area contributed by atoms with Crippen molar-refractivity contribution < 1.29 is 13.8 Å². The van der Waals surface area contributed by atoms with Gasteiger partial charge in [-0.1, -0.05) is 40.6 Å². The summed E-state index contributed by atoms with van der Waals surface area (Å²) in [6.07, 6.45) is 2.30. The molecule has 4 rings (SSSR count). The fraction of sp³-hybridized carbons (Fsp3) is 0.273. The Morgan fingerprint density at radius 1 is 1.07 bits per heavy atom. The van der Waals surface area contributed by atoms with Crippen LogP contribution in [-0.4, -0.2) is 39.7 Å². The van der Waals surface area contributed by atoms with E-state index in [9.17, 15) is 4.79 Å². The number of carbonyl (C=O) groups excluding carboxylic acids is 1. The van der Waals surface area contributed by atoms with E-state index in [-0.39, 0.29) is 5.91 Å². The number of hydrogen-bond acceptors (Lipinski definition) is 7. The van der Waals surface area contributed by atoms with Crippen molar-refractivity contribution in [3.8, 4) is 22.6 Å². The van der Waals surface area contributed by atoms with Crippen molar-refractivity contribution in [1.29, 1.82) is 0 Å². The lowest BCUT2D eigenvalue weighted by molar-refractivity contribution is -0.130. The Hall–Kier alpha value is -3.26. The number of nitrogens with zero attached hydrogens (tertiary/aromatic N) is 4. The molecule has 30 heavy (non-hydrogen) atoms. The summed E-state index contributed by atoms with van der Waals surface area (Å²) >= 11 is 1.58. The molecule has 4 aromatic rings. The maximum Gasteiger partial charge on any atom is 0.227 e. The highest BCUT2D eigenvalue weighted by molar-refractivity contribution is 7.08. The molecule has 0 radical (unpaired) electrons. The lowest BCUT2D eigenvalue weighted by Gasteiger charge is -2.16. The van der Waals surface area contributed by atoms with Gasteiger partial charge in [0.1, 0.15) is 11.5 Å². The van der Waals surface area contributed by atoms with Gasteiger partial charge in [0.05, 0.1) is 0 Å². The standard InChI is InChI=1S/C22H22N4O3S/c1-26(12-5-8-18-14-19(24-28-18)16-6-3-2-4-7-16)21(27)10-9-20-23-22(25-29-20)17-11-13-30-15-17/h2-4,6-7,11,13-15H,5,8-10,12H2,1H3. The number of thiophene rings is 1. The smallest absolute Gasteiger partial charge is 0.227 e. The molecule has 0 atom stereocenters. The Bertz CT molecular complexity index is 1070. The second-order valence-electron chi connectivity index (χ2n) is 6.99. The highest BCUT2D eigenvalue weighted by Gasteiger charge is 2.14. The number of aryl methyl sites for hydroxylation is 2. The van der Waals surface area contributed by atoms with Gasteiger partial charge in [0.2, 0.25) is 17.6 Å². The Morgan fingerprint density at radius 3 is 2.73 bits per heavy atom. The molecule has 0 unspecified atom stereocenters. The van der Waals surface area contributed by atoms with E-state index < -0.39 is 0 Å². The normalized spacial score (nSPS) is 11.0. The van der Waals surface area contributed by atoms with Gasteiger partial charge in [0.15, 0.2) is 0 Å². The van der Waals surface area contributed by atoms with Crippen LogP contribution >= 0.6 is 11.3 Å². The van der Waals surface area contributed by atoms with Crippen LogP contribution in [0, 0.1) is 0 Å². The molecule has 0 aliphatic rings. The van der Waals surface area contributed by atoms with Gasteiger partial charge in [-0.05, 0) is 17.9 Å². The van der Waals surface area contributed by atoms with E-state index >= 15 is 0 Å². The summed E-state index contributed by atoms with van der Waals surface area (Å²) in [6.45, 7) is 0.643. The zero-order valence-corrected chi connectivity index (χ0v) is 17.5. The van der Waals surface area contributed by atoms with Gasteiger partial charge in [-0.3, -0.25) is 4.79 Å². The van der Waals surface area contributed by atoms with E-state index in [1.165, 1.54) is 0 Å². The molecule has 3 aromatic heterocycles. The van der Waals surface area contributed by atoms with Crippen LogP contribution in [0.5, 0.6) is 0 Å². The van der Waals surface area contributed by atoms with E-state index in [0.29, 0.717) is 31.1 Å². The maximum atomic E-state index is 12.4. The summed E-state index contributed by atoms with van der Waals surface area (Å²) in [5, 5.41) is 12.0. The molecule has 0 saturated heterocycles. The second-order valence-corrected chi connectivity index (χ2v) is 7.77. The van der Waals surface area contributed by atoms with Crippen molar-refractivity contribution in [2.45, 2.75) is 25.7 Å². The second kappa shape index (κ2) is 9.49. The Labute approximate surface area is 178 Å². The summed E-state index contributed by atoms with van der Waals surface area (Å²) in [5.74, 6) is 1.91. The third kappa shape index (κ3) is 5.01. The molecule has 8 heteroatoms. The molecule has 154 valence electrons. The number of aromatic nitrogens is 3. The average Bonchev–Trinajstić information content (AvgIpc) is 3.54. The van der Waals surface area contributed by atoms with Crippen LogP contribution in [0.1, 0.15) is 24.5 Å². The molecule has 0 fully saturated rings. The van der Waals surface area contributed by atoms with Gasteiger partial charge in [-0.25, -0.2) is 0 Å². The van der Waals surface area contributed by atoms with Crippen LogP contribution in [-0.2, 0) is 17.6 Å². The van der Waals surface area contributed by atoms with Gasteiger partial charge < -0.3 is 13.9 Å². The maximum absolute atomic E-state index is 12.4. The molecule has 0 spiro atoms. The highest BCUT2D eigenvalue weighted by atomic mass is 32.1. The quantitative estimate of drug-likeness (QED) is 0.395. The molecule has 1 aromatic carbocycles. The first-order valence-corrected chi connectivity index (χ1v) is 10.7. The van der Waals surface area contributed by atoms with Gasteiger partial charge in [-0.15, -0.1) is 0 Å². The average molecular weight is 423 g/mol. The molecular weight excluding hydrogens is 400 g/mol. The van der Waals surface area contributed by atoms with E-state index in [1.54, 1.807) is 16.2 Å². The predicted octanol–water partition coefficient (Wildman–Crippen LogP) is 4.48. The minimum absolute atomic E-state index is 0.0489. The lowest BCUT2D eigenvalue weighted by atomic mass is 10.1. The summed E-state index contributed by atoms with van der Waals surface area (Å²) in [4.78, 5) is 18.5. The third-order valence-electron chi connectivity index (χ3n) is 4.77. The van der Waals surface area contributed by atoms with Gasteiger partial charge in [-0.2, -0.15) is 16.3 Å². The van der Waals surface area contributed by atoms with E-state index in [1.807, 2.05) is 60.3 Å². The molecule has 3 heterocycles. The fourth-order valence-corrected chi connectivity index (χ4v) is 3.70. The van der Waals surface area contributed by atoms with Crippen LogP contribution in [0.15, 0.2) is 62.3 Å². The van der Waals surface area contributed by atoms with Crippen LogP contribution < -0.4 is 0 Å². The molecule has 0 bridgehead atoms.